The number of aldehydes is 1. The van der Waals surface area contributed by atoms with E-state index in [1.807, 2.05) is 0 Å². The van der Waals surface area contributed by atoms with Gasteiger partial charge in [0.15, 0.2) is 30.8 Å². The second-order valence-electron chi connectivity index (χ2n) is 22.4. The molecule has 20 nitrogen and oxygen atoms in total. The molecule has 0 unspecified atom stereocenters. The molecular formula is C47H72O20. The van der Waals surface area contributed by atoms with Crippen LogP contribution in [0.5, 0.6) is 0 Å². The summed E-state index contributed by atoms with van der Waals surface area (Å²) in [5.74, 6) is -1.53. The fourth-order valence-corrected chi connectivity index (χ4v) is 14.6. The van der Waals surface area contributed by atoms with Crippen LogP contribution in [0.1, 0.15) is 98.8 Å². The Hall–Kier alpha value is -2.09. The molecule has 3 saturated heterocycles. The Morgan fingerprint density at radius 3 is 1.81 bits per heavy atom. The average molecular weight is 957 g/mol. The number of fused-ring (bicyclic) bond motifs is 6. The van der Waals surface area contributed by atoms with Gasteiger partial charge in [0.05, 0.1) is 24.7 Å². The molecule has 3 aliphatic heterocycles. The van der Waals surface area contributed by atoms with E-state index in [0.29, 0.717) is 38.5 Å². The summed E-state index contributed by atoms with van der Waals surface area (Å²) < 4.78 is 35.6. The van der Waals surface area contributed by atoms with Crippen molar-refractivity contribution in [2.75, 3.05) is 19.8 Å². The predicted molar refractivity (Wildman–Crippen MR) is 227 cm³/mol. The minimum Gasteiger partial charge on any atom is -0.479 e. The van der Waals surface area contributed by atoms with Gasteiger partial charge in [-0.25, -0.2) is 4.79 Å². The minimum absolute atomic E-state index is 0.0491. The SMILES string of the molecule is C[C@@]1(CO)CCC2=C(C1)[C@H]1CC[C@@H]3[C@@]4(C)CC[C@H](O[C@@H]5O[C@H](C(=O)O)[C@@H](O[C@@H]6O[C@H](CO)[C@H](O)[C@H](O)[C@H]6O)[C@H](O)[C@H]5O[C@@H]5O[C@H](CO)[C@H](O)[C@H](O)[C@H]5O)[C@@](C)(C=O)[C@@H]4CC[C@@]3(C)[C@]1(C)CC2=O. The smallest absolute Gasteiger partial charge is 0.335 e. The van der Waals surface area contributed by atoms with Gasteiger partial charge in [-0.2, -0.15) is 0 Å². The maximum absolute atomic E-state index is 14.1. The van der Waals surface area contributed by atoms with Crippen LogP contribution in [0.25, 0.3) is 0 Å². The molecule has 67 heavy (non-hydrogen) atoms. The van der Waals surface area contributed by atoms with E-state index in [9.17, 15) is 70.6 Å². The van der Waals surface area contributed by atoms with Crippen molar-refractivity contribution in [3.63, 3.8) is 0 Å². The number of carboxylic acids is 1. The van der Waals surface area contributed by atoms with Crippen molar-refractivity contribution in [2.24, 2.45) is 44.8 Å². The van der Waals surface area contributed by atoms with E-state index in [2.05, 4.69) is 27.7 Å². The number of aliphatic carboxylic acids is 1. The zero-order valence-electron chi connectivity index (χ0n) is 38.8. The zero-order chi connectivity index (χ0) is 48.9. The molecule has 6 fully saturated rings. The van der Waals surface area contributed by atoms with E-state index in [4.69, 9.17) is 28.4 Å². The number of carbonyl (C=O) groups excluding carboxylic acids is 2. The standard InChI is InChI=1S/C47H72O20/c1-43(18-50)11-8-20-21(14-43)22-6-7-27-44(2)12-10-28(45(3,19-51)26(44)9-13-46(27,4)47(22,5)15-23(20)52)64-42-37(66-41-34(58)32(56)30(54)25(17-49)63-41)35(59)36(38(67-42)39(60)61)65-40-33(57)31(55)29(53)24(16-48)62-40/h19,22,24-38,40-42,48-50,53-59H,6-18H2,1-5H3,(H,60,61)/t22-,24-,25-,26-,27-,28+,29+,30+,31+,32+,33-,34-,35+,36+,37-,38+,40+,41+,42-,43-,44+,45+,46-,47-/m1/s1. The van der Waals surface area contributed by atoms with Crippen LogP contribution in [0.3, 0.4) is 0 Å². The summed E-state index contributed by atoms with van der Waals surface area (Å²) >= 11 is 0. The summed E-state index contributed by atoms with van der Waals surface area (Å²) in [4.78, 5) is 40.8. The zero-order valence-corrected chi connectivity index (χ0v) is 38.8. The first-order valence-corrected chi connectivity index (χ1v) is 23.9. The van der Waals surface area contributed by atoms with E-state index in [1.54, 1.807) is 6.92 Å². The Kier molecular flexibility index (Phi) is 14.2. The van der Waals surface area contributed by atoms with E-state index < -0.39 is 128 Å². The lowest BCUT2D eigenvalue weighted by Gasteiger charge is -2.71. The maximum Gasteiger partial charge on any atom is 0.335 e. The normalized spacial score (nSPS) is 53.5. The number of rotatable bonds is 11. The third kappa shape index (κ3) is 8.10. The summed E-state index contributed by atoms with van der Waals surface area (Å²) in [5.41, 5.74) is -0.497. The molecular weight excluding hydrogens is 884 g/mol. The lowest BCUT2D eigenvalue weighted by atomic mass is 9.33. The molecule has 3 saturated carbocycles. The van der Waals surface area contributed by atoms with Gasteiger partial charge in [0.1, 0.15) is 73.4 Å². The molecule has 0 spiro atoms. The molecule has 0 aromatic rings. The van der Waals surface area contributed by atoms with Crippen LogP contribution in [-0.4, -0.2) is 192 Å². The Bertz CT molecular complexity index is 1900. The monoisotopic (exact) mass is 956 g/mol. The second-order valence-corrected chi connectivity index (χ2v) is 22.4. The molecule has 5 aliphatic carbocycles. The topological polar surface area (TPSA) is 329 Å². The second kappa shape index (κ2) is 18.5. The number of carbonyl (C=O) groups is 3. The van der Waals surface area contributed by atoms with Gasteiger partial charge >= 0.3 is 5.97 Å². The average Bonchev–Trinajstić information content (AvgIpc) is 3.29. The molecule has 0 radical (unpaired) electrons. The highest BCUT2D eigenvalue weighted by Gasteiger charge is 2.70. The number of allylic oxidation sites excluding steroid dienone is 2. The molecule has 0 aromatic heterocycles. The van der Waals surface area contributed by atoms with Gasteiger partial charge in [-0.1, -0.05) is 40.2 Å². The molecule has 8 aliphatic rings. The summed E-state index contributed by atoms with van der Waals surface area (Å²) in [7, 11) is 0. The van der Waals surface area contributed by atoms with Crippen LogP contribution in [-0.2, 0) is 42.8 Å². The van der Waals surface area contributed by atoms with E-state index in [1.165, 1.54) is 5.57 Å². The fourth-order valence-electron chi connectivity index (χ4n) is 14.6. The highest BCUT2D eigenvalue weighted by Crippen LogP contribution is 2.75. The van der Waals surface area contributed by atoms with Gasteiger partial charge < -0.3 is 89.4 Å². The van der Waals surface area contributed by atoms with Crippen LogP contribution in [0.2, 0.25) is 0 Å². The quantitative estimate of drug-likeness (QED) is 0.0858. The molecule has 3 heterocycles. The molecule has 380 valence electrons. The highest BCUT2D eigenvalue weighted by atomic mass is 16.8. The maximum atomic E-state index is 14.1. The third-order valence-corrected chi connectivity index (χ3v) is 18.8. The number of aliphatic hydroxyl groups excluding tert-OH is 10. The van der Waals surface area contributed by atoms with Crippen LogP contribution in [0, 0.1) is 44.8 Å². The van der Waals surface area contributed by atoms with E-state index in [-0.39, 0.29) is 52.8 Å². The minimum atomic E-state index is -2.14. The number of hydrogen-bond acceptors (Lipinski definition) is 19. The highest BCUT2D eigenvalue weighted by molar-refractivity contribution is 5.98. The van der Waals surface area contributed by atoms with Crippen molar-refractivity contribution in [2.45, 2.75) is 197 Å². The van der Waals surface area contributed by atoms with Crippen molar-refractivity contribution >= 4 is 18.0 Å². The van der Waals surface area contributed by atoms with Gasteiger partial charge in [-0.15, -0.1) is 0 Å². The number of Topliss-reactive ketones (excluding diaryl/α,β-unsaturated/α-hetero) is 1. The summed E-state index contributed by atoms with van der Waals surface area (Å²) in [6.45, 7) is 9.03. The third-order valence-electron chi connectivity index (χ3n) is 18.8. The van der Waals surface area contributed by atoms with Crippen LogP contribution >= 0.6 is 0 Å². The van der Waals surface area contributed by atoms with Gasteiger partial charge in [0.25, 0.3) is 0 Å². The Morgan fingerprint density at radius 1 is 0.657 bits per heavy atom. The van der Waals surface area contributed by atoms with Crippen molar-refractivity contribution in [1.29, 1.82) is 0 Å². The van der Waals surface area contributed by atoms with Crippen molar-refractivity contribution in [1.82, 2.24) is 0 Å². The largest absolute Gasteiger partial charge is 0.479 e. The Balaban J connectivity index is 1.09. The molecule has 0 aromatic carbocycles. The first-order valence-electron chi connectivity index (χ1n) is 23.9. The first-order chi connectivity index (χ1) is 31.5. The summed E-state index contributed by atoms with van der Waals surface area (Å²) in [6, 6.07) is 0. The van der Waals surface area contributed by atoms with Gasteiger partial charge in [0.2, 0.25) is 0 Å². The number of carboxylic acid groups (broad SMARTS) is 1. The van der Waals surface area contributed by atoms with Crippen LogP contribution < -0.4 is 0 Å². The van der Waals surface area contributed by atoms with Crippen molar-refractivity contribution in [3.05, 3.63) is 11.1 Å². The van der Waals surface area contributed by atoms with E-state index >= 15 is 0 Å². The van der Waals surface area contributed by atoms with Crippen molar-refractivity contribution < 1.29 is 99.0 Å². The Morgan fingerprint density at radius 2 is 1.25 bits per heavy atom. The Labute approximate surface area is 389 Å². The summed E-state index contributed by atoms with van der Waals surface area (Å²) in [6.07, 6.45) is -22.1. The predicted octanol–water partition coefficient (Wildman–Crippen LogP) is -1.18. The first kappa shape index (κ1) is 51.3. The summed E-state index contributed by atoms with van der Waals surface area (Å²) in [5, 5.41) is 116. The fraction of sp³-hybridized carbons (Fsp3) is 0.894. The van der Waals surface area contributed by atoms with Crippen LogP contribution in [0.4, 0.5) is 0 Å². The lowest BCUT2D eigenvalue weighted by molar-refractivity contribution is -0.390. The molecule has 0 amide bonds. The van der Waals surface area contributed by atoms with Crippen LogP contribution in [0.15, 0.2) is 11.1 Å². The van der Waals surface area contributed by atoms with E-state index in [0.717, 1.165) is 31.1 Å². The molecule has 0 bridgehead atoms. The lowest BCUT2D eigenvalue weighted by Crippen LogP contribution is -2.69. The molecule has 11 N–H and O–H groups in total. The molecule has 24 atom stereocenters. The van der Waals surface area contributed by atoms with Gasteiger partial charge in [-0.05, 0) is 103 Å². The van der Waals surface area contributed by atoms with Gasteiger partial charge in [-0.3, -0.25) is 4.79 Å². The molecule has 20 heteroatoms. The number of ketones is 1. The van der Waals surface area contributed by atoms with Crippen molar-refractivity contribution in [3.8, 4) is 0 Å². The molecule has 8 rings (SSSR count). The van der Waals surface area contributed by atoms with Gasteiger partial charge in [0, 0.05) is 13.0 Å². The number of hydrogen-bond donors (Lipinski definition) is 11. The number of ether oxygens (including phenoxy) is 6. The number of aliphatic hydroxyl groups is 10.